The van der Waals surface area contributed by atoms with Gasteiger partial charge in [0.15, 0.2) is 0 Å². The van der Waals surface area contributed by atoms with Crippen LogP contribution in [0.3, 0.4) is 0 Å². The minimum Gasteiger partial charge on any atom is -0.387 e. The molecule has 0 radical (unpaired) electrons. The van der Waals surface area contributed by atoms with Gasteiger partial charge < -0.3 is 10.4 Å². The van der Waals surface area contributed by atoms with Gasteiger partial charge in [-0.25, -0.2) is 0 Å². The van der Waals surface area contributed by atoms with Gasteiger partial charge >= 0.3 is 0 Å². The first-order chi connectivity index (χ1) is 9.16. The fourth-order valence-corrected chi connectivity index (χ4v) is 2.86. The molecule has 2 atom stereocenters. The first-order valence-corrected chi connectivity index (χ1v) is 6.95. The number of nitrogens with zero attached hydrogens (tertiary/aromatic N) is 1. The normalized spacial score (nSPS) is 20.9. The molecule has 0 bridgehead atoms. The lowest BCUT2D eigenvalue weighted by atomic mass is 9.97. The summed E-state index contributed by atoms with van der Waals surface area (Å²) >= 11 is 0. The molecular formula is C16H20N2O. The molecule has 2 aromatic rings. The minimum absolute atomic E-state index is 0.161. The number of aliphatic hydroxyl groups excluding tert-OH is 1. The van der Waals surface area contributed by atoms with Gasteiger partial charge in [-0.1, -0.05) is 18.2 Å². The molecule has 1 aliphatic heterocycles. The molecule has 100 valence electrons. The van der Waals surface area contributed by atoms with Gasteiger partial charge in [-0.15, -0.1) is 0 Å². The number of fused-ring (bicyclic) bond motifs is 1. The lowest BCUT2D eigenvalue weighted by molar-refractivity contribution is 0.139. The van der Waals surface area contributed by atoms with E-state index in [9.17, 15) is 5.11 Å². The maximum absolute atomic E-state index is 10.6. The summed E-state index contributed by atoms with van der Waals surface area (Å²) < 4.78 is 0. The Hall–Kier alpha value is -1.45. The SMILES string of the molecule is Cc1cc2cccc(C(O)C3CCCN3)c2nc1C. The summed E-state index contributed by atoms with van der Waals surface area (Å²) in [5.74, 6) is 0. The summed E-state index contributed by atoms with van der Waals surface area (Å²) in [7, 11) is 0. The second-order valence-electron chi connectivity index (χ2n) is 5.46. The van der Waals surface area contributed by atoms with Crippen LogP contribution >= 0.6 is 0 Å². The molecule has 0 saturated carbocycles. The van der Waals surface area contributed by atoms with Crippen LogP contribution in [0.5, 0.6) is 0 Å². The number of hydrogen-bond donors (Lipinski definition) is 2. The van der Waals surface area contributed by atoms with E-state index in [1.807, 2.05) is 19.1 Å². The van der Waals surface area contributed by atoms with Gasteiger partial charge in [0, 0.05) is 22.7 Å². The highest BCUT2D eigenvalue weighted by Crippen LogP contribution is 2.29. The Kier molecular flexibility index (Phi) is 3.25. The number of nitrogens with one attached hydrogen (secondary N) is 1. The van der Waals surface area contributed by atoms with Crippen LogP contribution in [0.2, 0.25) is 0 Å². The summed E-state index contributed by atoms with van der Waals surface area (Å²) in [6, 6.07) is 8.37. The van der Waals surface area contributed by atoms with Crippen LogP contribution in [0.25, 0.3) is 10.9 Å². The topological polar surface area (TPSA) is 45.1 Å². The van der Waals surface area contributed by atoms with Gasteiger partial charge in [0.2, 0.25) is 0 Å². The summed E-state index contributed by atoms with van der Waals surface area (Å²) in [4.78, 5) is 4.68. The summed E-state index contributed by atoms with van der Waals surface area (Å²) in [5, 5.41) is 15.1. The number of pyridine rings is 1. The smallest absolute Gasteiger partial charge is 0.0963 e. The molecule has 2 heterocycles. The Bertz CT molecular complexity index is 603. The standard InChI is InChI=1S/C16H20N2O/c1-10-9-12-5-3-6-13(15(12)18-11(10)2)16(19)14-7-4-8-17-14/h3,5-6,9,14,16-17,19H,4,7-8H2,1-2H3. The van der Waals surface area contributed by atoms with Gasteiger partial charge in [-0.05, 0) is 44.9 Å². The zero-order chi connectivity index (χ0) is 13.4. The molecule has 1 aromatic heterocycles. The average molecular weight is 256 g/mol. The summed E-state index contributed by atoms with van der Waals surface area (Å²) in [6.45, 7) is 5.09. The molecule has 0 spiro atoms. The number of hydrogen-bond acceptors (Lipinski definition) is 3. The zero-order valence-electron chi connectivity index (χ0n) is 11.5. The molecule has 2 unspecified atom stereocenters. The zero-order valence-corrected chi connectivity index (χ0v) is 11.5. The predicted molar refractivity (Wildman–Crippen MR) is 77.2 cm³/mol. The van der Waals surface area contributed by atoms with Gasteiger partial charge in [-0.3, -0.25) is 4.98 Å². The largest absolute Gasteiger partial charge is 0.387 e. The third kappa shape index (κ3) is 2.24. The Labute approximate surface area is 113 Å². The molecule has 1 saturated heterocycles. The van der Waals surface area contributed by atoms with Crippen molar-refractivity contribution in [3.05, 3.63) is 41.1 Å². The maximum Gasteiger partial charge on any atom is 0.0963 e. The highest BCUT2D eigenvalue weighted by atomic mass is 16.3. The van der Waals surface area contributed by atoms with E-state index in [1.165, 1.54) is 5.56 Å². The minimum atomic E-state index is -0.471. The van der Waals surface area contributed by atoms with Crippen LogP contribution in [0, 0.1) is 13.8 Å². The molecule has 3 heteroatoms. The monoisotopic (exact) mass is 256 g/mol. The lowest BCUT2D eigenvalue weighted by Crippen LogP contribution is -2.28. The molecule has 0 amide bonds. The van der Waals surface area contributed by atoms with Crippen molar-refractivity contribution in [3.63, 3.8) is 0 Å². The molecule has 3 rings (SSSR count). The fraction of sp³-hybridized carbons (Fsp3) is 0.438. The van der Waals surface area contributed by atoms with E-state index in [4.69, 9.17) is 0 Å². The van der Waals surface area contributed by atoms with Gasteiger partial charge in [-0.2, -0.15) is 0 Å². The number of benzene rings is 1. The van der Waals surface area contributed by atoms with Crippen LogP contribution in [0.4, 0.5) is 0 Å². The highest BCUT2D eigenvalue weighted by Gasteiger charge is 2.25. The number of para-hydroxylation sites is 1. The van der Waals surface area contributed by atoms with E-state index in [1.54, 1.807) is 0 Å². The second-order valence-corrected chi connectivity index (χ2v) is 5.46. The van der Waals surface area contributed by atoms with Crippen LogP contribution in [0.1, 0.15) is 35.8 Å². The van der Waals surface area contributed by atoms with E-state index < -0.39 is 6.10 Å². The van der Waals surface area contributed by atoms with E-state index in [0.29, 0.717) is 0 Å². The predicted octanol–water partition coefficient (Wildman–Crippen LogP) is 2.64. The highest BCUT2D eigenvalue weighted by molar-refractivity contribution is 5.83. The Morgan fingerprint density at radius 1 is 1.37 bits per heavy atom. The molecule has 19 heavy (non-hydrogen) atoms. The van der Waals surface area contributed by atoms with Crippen molar-refractivity contribution >= 4 is 10.9 Å². The summed E-state index contributed by atoms with van der Waals surface area (Å²) in [5.41, 5.74) is 4.11. The van der Waals surface area contributed by atoms with Crippen LogP contribution in [-0.4, -0.2) is 22.7 Å². The second kappa shape index (κ2) is 4.91. The van der Waals surface area contributed by atoms with Crippen LogP contribution in [-0.2, 0) is 0 Å². The van der Waals surface area contributed by atoms with E-state index in [2.05, 4.69) is 29.4 Å². The van der Waals surface area contributed by atoms with Crippen molar-refractivity contribution in [2.45, 2.75) is 38.8 Å². The van der Waals surface area contributed by atoms with Crippen LogP contribution in [0.15, 0.2) is 24.3 Å². The number of aliphatic hydroxyl groups is 1. The maximum atomic E-state index is 10.6. The van der Waals surface area contributed by atoms with Crippen LogP contribution < -0.4 is 5.32 Å². The van der Waals surface area contributed by atoms with Crippen molar-refractivity contribution in [3.8, 4) is 0 Å². The third-order valence-electron chi connectivity index (χ3n) is 4.12. The van der Waals surface area contributed by atoms with E-state index in [0.717, 1.165) is 41.5 Å². The van der Waals surface area contributed by atoms with Crippen molar-refractivity contribution in [1.82, 2.24) is 10.3 Å². The Balaban J connectivity index is 2.09. The third-order valence-corrected chi connectivity index (χ3v) is 4.12. The molecular weight excluding hydrogens is 236 g/mol. The number of aromatic nitrogens is 1. The molecule has 0 aliphatic carbocycles. The molecule has 3 nitrogen and oxygen atoms in total. The van der Waals surface area contributed by atoms with E-state index >= 15 is 0 Å². The Morgan fingerprint density at radius 2 is 2.21 bits per heavy atom. The number of aryl methyl sites for hydroxylation is 2. The van der Waals surface area contributed by atoms with Gasteiger partial charge in [0.1, 0.15) is 0 Å². The first-order valence-electron chi connectivity index (χ1n) is 6.95. The molecule has 1 aliphatic rings. The summed E-state index contributed by atoms with van der Waals surface area (Å²) in [6.07, 6.45) is 1.70. The molecule has 1 fully saturated rings. The first kappa shape index (κ1) is 12.6. The Morgan fingerprint density at radius 3 is 2.95 bits per heavy atom. The van der Waals surface area contributed by atoms with Gasteiger partial charge in [0.05, 0.1) is 11.6 Å². The van der Waals surface area contributed by atoms with Crippen molar-refractivity contribution in [2.75, 3.05) is 6.54 Å². The van der Waals surface area contributed by atoms with Crippen molar-refractivity contribution in [1.29, 1.82) is 0 Å². The quantitative estimate of drug-likeness (QED) is 0.868. The van der Waals surface area contributed by atoms with Crippen molar-refractivity contribution < 1.29 is 5.11 Å². The molecule has 1 aromatic carbocycles. The lowest BCUT2D eigenvalue weighted by Gasteiger charge is -2.20. The molecule has 2 N–H and O–H groups in total. The average Bonchev–Trinajstić information content (AvgIpc) is 2.92. The van der Waals surface area contributed by atoms with Crippen molar-refractivity contribution in [2.24, 2.45) is 0 Å². The van der Waals surface area contributed by atoms with Gasteiger partial charge in [0.25, 0.3) is 0 Å². The van der Waals surface area contributed by atoms with E-state index in [-0.39, 0.29) is 6.04 Å². The fourth-order valence-electron chi connectivity index (χ4n) is 2.86. The number of rotatable bonds is 2.